The number of fused-ring (bicyclic) bond motifs is 1. The Morgan fingerprint density at radius 1 is 1.28 bits per heavy atom. The highest BCUT2D eigenvalue weighted by Crippen LogP contribution is 2.33. The maximum absolute atomic E-state index is 12.4. The predicted octanol–water partition coefficient (Wildman–Crippen LogP) is 3.34. The van der Waals surface area contributed by atoms with E-state index in [2.05, 4.69) is 6.07 Å². The average Bonchev–Trinajstić information content (AvgIpc) is 2.87. The molecule has 2 rings (SSSR count). The van der Waals surface area contributed by atoms with Crippen molar-refractivity contribution in [2.45, 2.75) is 32.1 Å². The summed E-state index contributed by atoms with van der Waals surface area (Å²) in [6, 6.07) is 5.90. The fourth-order valence-electron chi connectivity index (χ4n) is 2.45. The van der Waals surface area contributed by atoms with Gasteiger partial charge in [-0.1, -0.05) is 0 Å². The van der Waals surface area contributed by atoms with Crippen LogP contribution in [0, 0.1) is 18.3 Å². The Morgan fingerprint density at radius 3 is 2.64 bits per heavy atom. The number of nitrogens with zero attached hydrogens (tertiary/aromatic N) is 2. The molecule has 0 aliphatic rings. The van der Waals surface area contributed by atoms with E-state index in [4.69, 9.17) is 9.47 Å². The molecule has 0 aliphatic carbocycles. The summed E-state index contributed by atoms with van der Waals surface area (Å²) in [6.07, 6.45) is 1.96. The van der Waals surface area contributed by atoms with Gasteiger partial charge in [-0.05, 0) is 38.5 Å². The lowest BCUT2D eigenvalue weighted by atomic mass is 10.2. The molecule has 0 radical (unpaired) electrons. The van der Waals surface area contributed by atoms with Gasteiger partial charge in [0.2, 0.25) is 0 Å². The summed E-state index contributed by atoms with van der Waals surface area (Å²) in [5, 5.41) is 9.60. The molecule has 0 atom stereocenters. The van der Waals surface area contributed by atoms with Gasteiger partial charge in [0.1, 0.15) is 11.8 Å². The minimum atomic E-state index is -0.485. The third-order valence-electron chi connectivity index (χ3n) is 3.49. The third-order valence-corrected chi connectivity index (χ3v) is 4.58. The van der Waals surface area contributed by atoms with Crippen LogP contribution in [-0.2, 0) is 14.3 Å². The molecule has 0 unspecified atom stereocenters. The van der Waals surface area contributed by atoms with Gasteiger partial charge in [0.15, 0.2) is 0 Å². The monoisotopic (exact) mass is 360 g/mol. The zero-order valence-electron chi connectivity index (χ0n) is 14.5. The minimum absolute atomic E-state index is 0.205. The number of esters is 2. The van der Waals surface area contributed by atoms with Gasteiger partial charge in [-0.3, -0.25) is 4.79 Å². The van der Waals surface area contributed by atoms with E-state index in [-0.39, 0.29) is 19.0 Å². The van der Waals surface area contributed by atoms with Gasteiger partial charge in [0.25, 0.3) is 0 Å². The first kappa shape index (κ1) is 18.9. The Bertz CT molecular complexity index is 836. The Kier molecular flexibility index (Phi) is 6.48. The average molecular weight is 360 g/mol. The van der Waals surface area contributed by atoms with Gasteiger partial charge in [-0.15, -0.1) is 11.8 Å². The van der Waals surface area contributed by atoms with Gasteiger partial charge < -0.3 is 13.9 Å². The summed E-state index contributed by atoms with van der Waals surface area (Å²) >= 11 is 1.29. The van der Waals surface area contributed by atoms with Crippen LogP contribution in [0.25, 0.3) is 5.52 Å². The molecule has 25 heavy (non-hydrogen) atoms. The molecule has 132 valence electrons. The van der Waals surface area contributed by atoms with E-state index in [1.807, 2.05) is 19.1 Å². The molecule has 6 nitrogen and oxygen atoms in total. The van der Waals surface area contributed by atoms with Crippen molar-refractivity contribution in [3.63, 3.8) is 0 Å². The van der Waals surface area contributed by atoms with Crippen molar-refractivity contribution in [2.75, 3.05) is 19.0 Å². The summed E-state index contributed by atoms with van der Waals surface area (Å²) in [6.45, 7) is 5.98. The molecule has 0 amide bonds. The SMILES string of the molecule is CCOC(=O)CCSc1c(C#N)c2cc(C)ccn2c1C(=O)OCC. The van der Waals surface area contributed by atoms with Crippen LogP contribution in [0.2, 0.25) is 0 Å². The molecule has 0 aliphatic heterocycles. The Balaban J connectivity index is 2.44. The Hall–Kier alpha value is -2.46. The van der Waals surface area contributed by atoms with Crippen LogP contribution in [0.3, 0.4) is 0 Å². The smallest absolute Gasteiger partial charge is 0.356 e. The molecule has 0 N–H and O–H groups in total. The molecule has 7 heteroatoms. The lowest BCUT2D eigenvalue weighted by Crippen LogP contribution is -2.10. The number of carbonyl (C=O) groups excluding carboxylic acids is 2. The highest BCUT2D eigenvalue weighted by Gasteiger charge is 2.25. The van der Waals surface area contributed by atoms with E-state index in [1.54, 1.807) is 24.4 Å². The van der Waals surface area contributed by atoms with E-state index in [0.29, 0.717) is 34.0 Å². The number of pyridine rings is 1. The van der Waals surface area contributed by atoms with E-state index in [1.165, 1.54) is 11.8 Å². The van der Waals surface area contributed by atoms with Gasteiger partial charge in [0, 0.05) is 11.9 Å². The van der Waals surface area contributed by atoms with E-state index < -0.39 is 5.97 Å². The molecular formula is C18H20N2O4S. The standard InChI is InChI=1S/C18H20N2O4S/c1-4-23-15(21)7-9-25-17-13(11-19)14-10-12(3)6-8-20(14)16(17)18(22)24-5-2/h6,8,10H,4-5,7,9H2,1-3H3. The number of aryl methyl sites for hydroxylation is 1. The zero-order chi connectivity index (χ0) is 18.4. The quantitative estimate of drug-likeness (QED) is 0.556. The topological polar surface area (TPSA) is 80.8 Å². The van der Waals surface area contributed by atoms with Crippen molar-refractivity contribution in [1.29, 1.82) is 5.26 Å². The molecule has 0 bridgehead atoms. The van der Waals surface area contributed by atoms with Crippen molar-refractivity contribution >= 4 is 29.2 Å². The van der Waals surface area contributed by atoms with Crippen LogP contribution in [0.5, 0.6) is 0 Å². The van der Waals surface area contributed by atoms with E-state index >= 15 is 0 Å². The van der Waals surface area contributed by atoms with Crippen molar-refractivity contribution in [3.8, 4) is 6.07 Å². The summed E-state index contributed by atoms with van der Waals surface area (Å²) < 4.78 is 11.7. The molecule has 0 saturated carbocycles. The number of ether oxygens (including phenoxy) is 2. The maximum Gasteiger partial charge on any atom is 0.356 e. The largest absolute Gasteiger partial charge is 0.466 e. The van der Waals surface area contributed by atoms with Gasteiger partial charge in [-0.25, -0.2) is 4.79 Å². The predicted molar refractivity (Wildman–Crippen MR) is 94.8 cm³/mol. The second-order valence-corrected chi connectivity index (χ2v) is 6.35. The van der Waals surface area contributed by atoms with Crippen molar-refractivity contribution < 1.29 is 19.1 Å². The van der Waals surface area contributed by atoms with Crippen molar-refractivity contribution in [2.24, 2.45) is 0 Å². The second kappa shape index (κ2) is 8.58. The molecule has 0 spiro atoms. The molecule has 0 fully saturated rings. The van der Waals surface area contributed by atoms with Gasteiger partial charge in [0.05, 0.1) is 35.6 Å². The van der Waals surface area contributed by atoms with Crippen LogP contribution in [-0.4, -0.2) is 35.3 Å². The molecule has 2 aromatic heterocycles. The minimum Gasteiger partial charge on any atom is -0.466 e. The second-order valence-electron chi connectivity index (χ2n) is 5.25. The lowest BCUT2D eigenvalue weighted by molar-refractivity contribution is -0.142. The van der Waals surface area contributed by atoms with Crippen LogP contribution in [0.1, 0.15) is 41.9 Å². The highest BCUT2D eigenvalue weighted by molar-refractivity contribution is 7.99. The Morgan fingerprint density at radius 2 is 2.00 bits per heavy atom. The number of thioether (sulfide) groups is 1. The number of hydrogen-bond donors (Lipinski definition) is 0. The number of rotatable bonds is 7. The van der Waals surface area contributed by atoms with Gasteiger partial charge in [-0.2, -0.15) is 5.26 Å². The molecule has 2 aromatic rings. The summed E-state index contributed by atoms with van der Waals surface area (Å²) in [5.74, 6) is -0.372. The first-order chi connectivity index (χ1) is 12.0. The summed E-state index contributed by atoms with van der Waals surface area (Å²) in [4.78, 5) is 24.5. The van der Waals surface area contributed by atoms with Crippen LogP contribution < -0.4 is 0 Å². The maximum atomic E-state index is 12.4. The fraction of sp³-hybridized carbons (Fsp3) is 0.389. The number of aromatic nitrogens is 1. The highest BCUT2D eigenvalue weighted by atomic mass is 32.2. The fourth-order valence-corrected chi connectivity index (χ4v) is 3.53. The number of carbonyl (C=O) groups is 2. The van der Waals surface area contributed by atoms with Crippen molar-refractivity contribution in [3.05, 3.63) is 35.2 Å². The van der Waals surface area contributed by atoms with Crippen LogP contribution >= 0.6 is 11.8 Å². The third kappa shape index (κ3) is 4.15. The number of hydrogen-bond acceptors (Lipinski definition) is 6. The van der Waals surface area contributed by atoms with Crippen LogP contribution in [0.15, 0.2) is 23.2 Å². The lowest BCUT2D eigenvalue weighted by Gasteiger charge is -2.06. The Labute approximate surface area is 150 Å². The van der Waals surface area contributed by atoms with E-state index in [0.717, 1.165) is 5.56 Å². The first-order valence-corrected chi connectivity index (χ1v) is 9.02. The zero-order valence-corrected chi connectivity index (χ0v) is 15.3. The molecular weight excluding hydrogens is 340 g/mol. The molecule has 2 heterocycles. The van der Waals surface area contributed by atoms with E-state index in [9.17, 15) is 14.9 Å². The van der Waals surface area contributed by atoms with Crippen molar-refractivity contribution in [1.82, 2.24) is 4.40 Å². The summed E-state index contributed by atoms with van der Waals surface area (Å²) in [7, 11) is 0. The first-order valence-electron chi connectivity index (χ1n) is 8.03. The molecule has 0 saturated heterocycles. The molecule has 0 aromatic carbocycles. The number of nitriles is 1. The van der Waals surface area contributed by atoms with Gasteiger partial charge >= 0.3 is 11.9 Å². The normalized spacial score (nSPS) is 10.5. The summed E-state index contributed by atoms with van der Waals surface area (Å²) in [5.41, 5.74) is 2.38. The van der Waals surface area contributed by atoms with Crippen LogP contribution in [0.4, 0.5) is 0 Å².